The van der Waals surface area contributed by atoms with Gasteiger partial charge < -0.3 is 10.1 Å². The third-order valence-corrected chi connectivity index (χ3v) is 3.24. The Bertz CT molecular complexity index is 331. The maximum atomic E-state index is 5.20. The fourth-order valence-electron chi connectivity index (χ4n) is 2.40. The molecular formula is C16H27NO. The van der Waals surface area contributed by atoms with Crippen molar-refractivity contribution in [2.75, 3.05) is 7.11 Å². The molecule has 2 nitrogen and oxygen atoms in total. The summed E-state index contributed by atoms with van der Waals surface area (Å²) >= 11 is 0. The minimum Gasteiger partial charge on any atom is -0.497 e. The van der Waals surface area contributed by atoms with Crippen molar-refractivity contribution in [3.8, 4) is 5.75 Å². The summed E-state index contributed by atoms with van der Waals surface area (Å²) < 4.78 is 5.20. The average Bonchev–Trinajstić information content (AvgIpc) is 2.35. The standard InChI is InChI=1S/C16H27NO/c1-6-16(17-13(4)11-12(2)3)14-7-9-15(18-5)10-8-14/h7-10,12-13,16-17H,6,11H2,1-5H3. The molecule has 2 atom stereocenters. The molecule has 18 heavy (non-hydrogen) atoms. The molecule has 2 heteroatoms. The molecule has 102 valence electrons. The summed E-state index contributed by atoms with van der Waals surface area (Å²) in [5.74, 6) is 1.66. The Morgan fingerprint density at radius 1 is 1.11 bits per heavy atom. The molecule has 0 spiro atoms. The molecule has 0 aliphatic carbocycles. The Labute approximate surface area is 112 Å². The number of rotatable bonds is 7. The first-order chi connectivity index (χ1) is 8.56. The molecule has 0 saturated heterocycles. The SMILES string of the molecule is CCC(NC(C)CC(C)C)c1ccc(OC)cc1. The van der Waals surface area contributed by atoms with E-state index < -0.39 is 0 Å². The van der Waals surface area contributed by atoms with Gasteiger partial charge in [-0.25, -0.2) is 0 Å². The van der Waals surface area contributed by atoms with Crippen molar-refractivity contribution in [2.24, 2.45) is 5.92 Å². The molecule has 0 aliphatic heterocycles. The third-order valence-electron chi connectivity index (χ3n) is 3.24. The zero-order chi connectivity index (χ0) is 13.5. The van der Waals surface area contributed by atoms with E-state index >= 15 is 0 Å². The van der Waals surface area contributed by atoms with Gasteiger partial charge in [-0.3, -0.25) is 0 Å². The van der Waals surface area contributed by atoms with Gasteiger partial charge in [-0.2, -0.15) is 0 Å². The average molecular weight is 249 g/mol. The second-order valence-electron chi connectivity index (χ2n) is 5.43. The largest absolute Gasteiger partial charge is 0.497 e. The third kappa shape index (κ3) is 4.69. The molecule has 1 rings (SSSR count). The van der Waals surface area contributed by atoms with Crippen LogP contribution in [0.25, 0.3) is 0 Å². The lowest BCUT2D eigenvalue weighted by atomic mass is 10.00. The molecule has 0 aromatic heterocycles. The summed E-state index contributed by atoms with van der Waals surface area (Å²) in [6, 6.07) is 9.37. The Kier molecular flexibility index (Phi) is 6.20. The fourth-order valence-corrected chi connectivity index (χ4v) is 2.40. The molecular weight excluding hydrogens is 222 g/mol. The van der Waals surface area contributed by atoms with Crippen LogP contribution in [-0.2, 0) is 0 Å². The lowest BCUT2D eigenvalue weighted by molar-refractivity contribution is 0.387. The predicted molar refractivity (Wildman–Crippen MR) is 78.1 cm³/mol. The normalized spacial score (nSPS) is 14.6. The summed E-state index contributed by atoms with van der Waals surface area (Å²) in [7, 11) is 1.70. The molecule has 1 aromatic rings. The number of benzene rings is 1. The van der Waals surface area contributed by atoms with Crippen molar-refractivity contribution >= 4 is 0 Å². The van der Waals surface area contributed by atoms with Gasteiger partial charge >= 0.3 is 0 Å². The van der Waals surface area contributed by atoms with Crippen LogP contribution in [0.1, 0.15) is 52.1 Å². The minimum absolute atomic E-state index is 0.435. The topological polar surface area (TPSA) is 21.3 Å². The van der Waals surface area contributed by atoms with Gasteiger partial charge in [0, 0.05) is 12.1 Å². The molecule has 0 amide bonds. The summed E-state index contributed by atoms with van der Waals surface area (Å²) in [4.78, 5) is 0. The number of ether oxygens (including phenoxy) is 1. The number of hydrogen-bond acceptors (Lipinski definition) is 2. The van der Waals surface area contributed by atoms with E-state index in [0.717, 1.165) is 18.1 Å². The molecule has 0 saturated carbocycles. The van der Waals surface area contributed by atoms with Crippen LogP contribution >= 0.6 is 0 Å². The van der Waals surface area contributed by atoms with E-state index in [1.54, 1.807) is 7.11 Å². The van der Waals surface area contributed by atoms with Crippen LogP contribution in [0.2, 0.25) is 0 Å². The van der Waals surface area contributed by atoms with Crippen LogP contribution in [0, 0.1) is 5.92 Å². The first-order valence-electron chi connectivity index (χ1n) is 6.96. The molecule has 0 heterocycles. The van der Waals surface area contributed by atoms with Gasteiger partial charge in [0.05, 0.1) is 7.11 Å². The van der Waals surface area contributed by atoms with E-state index in [1.807, 2.05) is 12.1 Å². The Morgan fingerprint density at radius 3 is 2.17 bits per heavy atom. The van der Waals surface area contributed by atoms with Crippen molar-refractivity contribution in [3.63, 3.8) is 0 Å². The lowest BCUT2D eigenvalue weighted by Gasteiger charge is -2.24. The summed E-state index contributed by atoms with van der Waals surface area (Å²) in [5.41, 5.74) is 1.34. The zero-order valence-corrected chi connectivity index (χ0v) is 12.4. The highest BCUT2D eigenvalue weighted by Gasteiger charge is 2.13. The van der Waals surface area contributed by atoms with Gasteiger partial charge in [-0.05, 0) is 43.4 Å². The van der Waals surface area contributed by atoms with E-state index in [4.69, 9.17) is 4.74 Å². The predicted octanol–water partition coefficient (Wildman–Crippen LogP) is 4.17. The van der Waals surface area contributed by atoms with E-state index in [-0.39, 0.29) is 0 Å². The van der Waals surface area contributed by atoms with Crippen LogP contribution in [0.4, 0.5) is 0 Å². The number of methoxy groups -OCH3 is 1. The van der Waals surface area contributed by atoms with E-state index in [9.17, 15) is 0 Å². The maximum absolute atomic E-state index is 5.20. The second-order valence-corrected chi connectivity index (χ2v) is 5.43. The number of hydrogen-bond donors (Lipinski definition) is 1. The first-order valence-corrected chi connectivity index (χ1v) is 6.96. The lowest BCUT2D eigenvalue weighted by Crippen LogP contribution is -2.31. The van der Waals surface area contributed by atoms with Crippen molar-refractivity contribution in [2.45, 2.75) is 52.6 Å². The summed E-state index contributed by atoms with van der Waals surface area (Å²) in [5, 5.41) is 3.71. The smallest absolute Gasteiger partial charge is 0.118 e. The van der Waals surface area contributed by atoms with Crippen LogP contribution < -0.4 is 10.1 Å². The Balaban J connectivity index is 2.64. The van der Waals surface area contributed by atoms with E-state index in [2.05, 4.69) is 45.1 Å². The highest BCUT2D eigenvalue weighted by Crippen LogP contribution is 2.21. The molecule has 0 aliphatic rings. The number of nitrogens with one attached hydrogen (secondary N) is 1. The van der Waals surface area contributed by atoms with Crippen LogP contribution in [0.15, 0.2) is 24.3 Å². The fraction of sp³-hybridized carbons (Fsp3) is 0.625. The van der Waals surface area contributed by atoms with Gasteiger partial charge in [-0.15, -0.1) is 0 Å². The van der Waals surface area contributed by atoms with Gasteiger partial charge in [-0.1, -0.05) is 32.9 Å². The van der Waals surface area contributed by atoms with E-state index in [1.165, 1.54) is 12.0 Å². The molecule has 1 N–H and O–H groups in total. The molecule has 0 fully saturated rings. The zero-order valence-electron chi connectivity index (χ0n) is 12.4. The molecule has 0 bridgehead atoms. The molecule has 2 unspecified atom stereocenters. The van der Waals surface area contributed by atoms with Crippen LogP contribution in [0.3, 0.4) is 0 Å². The van der Waals surface area contributed by atoms with Crippen molar-refractivity contribution in [3.05, 3.63) is 29.8 Å². The van der Waals surface area contributed by atoms with Crippen LogP contribution in [0.5, 0.6) is 5.75 Å². The minimum atomic E-state index is 0.435. The van der Waals surface area contributed by atoms with Crippen LogP contribution in [-0.4, -0.2) is 13.2 Å². The van der Waals surface area contributed by atoms with Gasteiger partial charge in [0.2, 0.25) is 0 Å². The van der Waals surface area contributed by atoms with Crippen molar-refractivity contribution < 1.29 is 4.74 Å². The van der Waals surface area contributed by atoms with E-state index in [0.29, 0.717) is 12.1 Å². The summed E-state index contributed by atoms with van der Waals surface area (Å²) in [6.07, 6.45) is 2.32. The first kappa shape index (κ1) is 15.0. The monoisotopic (exact) mass is 249 g/mol. The quantitative estimate of drug-likeness (QED) is 0.783. The van der Waals surface area contributed by atoms with Gasteiger partial charge in [0.15, 0.2) is 0 Å². The van der Waals surface area contributed by atoms with Crippen molar-refractivity contribution in [1.29, 1.82) is 0 Å². The maximum Gasteiger partial charge on any atom is 0.118 e. The Hall–Kier alpha value is -1.02. The van der Waals surface area contributed by atoms with Gasteiger partial charge in [0.1, 0.15) is 5.75 Å². The Morgan fingerprint density at radius 2 is 1.72 bits per heavy atom. The van der Waals surface area contributed by atoms with Gasteiger partial charge in [0.25, 0.3) is 0 Å². The second kappa shape index (κ2) is 7.42. The molecule has 1 aromatic carbocycles. The highest BCUT2D eigenvalue weighted by molar-refractivity contribution is 5.29. The highest BCUT2D eigenvalue weighted by atomic mass is 16.5. The van der Waals surface area contributed by atoms with Crippen molar-refractivity contribution in [1.82, 2.24) is 5.32 Å². The summed E-state index contributed by atoms with van der Waals surface area (Å²) in [6.45, 7) is 9.04. The molecule has 0 radical (unpaired) electrons.